The molecule has 0 aliphatic carbocycles. The number of benzene rings is 1. The number of nitrogens with one attached hydrogen (secondary N) is 1. The molecule has 0 bridgehead atoms. The van der Waals surface area contributed by atoms with Crippen LogP contribution in [0, 0.1) is 0 Å². The summed E-state index contributed by atoms with van der Waals surface area (Å²) in [5.74, 6) is 0.705. The maximum absolute atomic E-state index is 3.57. The highest BCUT2D eigenvalue weighted by molar-refractivity contribution is 5.22. The van der Waals surface area contributed by atoms with Gasteiger partial charge in [-0.15, -0.1) is 0 Å². The molecule has 0 spiro atoms. The van der Waals surface area contributed by atoms with Crippen molar-refractivity contribution in [3.63, 3.8) is 0 Å². The van der Waals surface area contributed by atoms with E-state index < -0.39 is 0 Å². The van der Waals surface area contributed by atoms with Crippen LogP contribution in [0.2, 0.25) is 0 Å². The van der Waals surface area contributed by atoms with Gasteiger partial charge in [-0.25, -0.2) is 0 Å². The Morgan fingerprint density at radius 1 is 1.15 bits per heavy atom. The Morgan fingerprint density at radius 2 is 1.85 bits per heavy atom. The van der Waals surface area contributed by atoms with Gasteiger partial charge in [0.1, 0.15) is 0 Å². The summed E-state index contributed by atoms with van der Waals surface area (Å²) in [6, 6.07) is 12.1. The Hall–Kier alpha value is -0.820. The van der Waals surface area contributed by atoms with Gasteiger partial charge in [-0.3, -0.25) is 0 Å². The topological polar surface area (TPSA) is 12.0 Å². The summed E-state index contributed by atoms with van der Waals surface area (Å²) in [6.07, 6.45) is 1.27. The number of hydrogen-bond acceptors (Lipinski definition) is 1. The molecular formula is C12H17N. The molecule has 0 aromatic heterocycles. The van der Waals surface area contributed by atoms with Crippen LogP contribution in [-0.2, 0) is 0 Å². The highest BCUT2D eigenvalue weighted by Gasteiger charge is 2.28. The SMILES string of the molecule is C[C@@H]1N[C@@H](C)C[C@@H]1c1ccccc1. The lowest BCUT2D eigenvalue weighted by Crippen LogP contribution is -2.26. The molecule has 1 aliphatic heterocycles. The van der Waals surface area contributed by atoms with E-state index in [2.05, 4.69) is 49.5 Å². The first kappa shape index (κ1) is 8.76. The molecule has 0 radical (unpaired) electrons. The zero-order valence-corrected chi connectivity index (χ0v) is 8.33. The normalized spacial score (nSPS) is 33.5. The van der Waals surface area contributed by atoms with Gasteiger partial charge in [0.15, 0.2) is 0 Å². The third-order valence-corrected chi connectivity index (χ3v) is 2.99. The molecular weight excluding hydrogens is 158 g/mol. The lowest BCUT2D eigenvalue weighted by molar-refractivity contribution is 0.575. The fourth-order valence-corrected chi connectivity index (χ4v) is 2.34. The predicted octanol–water partition coefficient (Wildman–Crippen LogP) is 2.54. The van der Waals surface area contributed by atoms with Gasteiger partial charge >= 0.3 is 0 Å². The lowest BCUT2D eigenvalue weighted by atomic mass is 9.92. The van der Waals surface area contributed by atoms with Crippen molar-refractivity contribution in [1.82, 2.24) is 5.32 Å². The third kappa shape index (κ3) is 1.75. The summed E-state index contributed by atoms with van der Waals surface area (Å²) in [6.45, 7) is 4.54. The fourth-order valence-electron chi connectivity index (χ4n) is 2.34. The van der Waals surface area contributed by atoms with Crippen molar-refractivity contribution in [1.29, 1.82) is 0 Å². The largest absolute Gasteiger partial charge is 0.311 e. The summed E-state index contributed by atoms with van der Waals surface area (Å²) < 4.78 is 0. The van der Waals surface area contributed by atoms with Gasteiger partial charge in [0.2, 0.25) is 0 Å². The molecule has 1 nitrogen and oxygen atoms in total. The molecule has 0 amide bonds. The summed E-state index contributed by atoms with van der Waals surface area (Å²) in [4.78, 5) is 0. The van der Waals surface area contributed by atoms with E-state index in [1.807, 2.05) is 0 Å². The predicted molar refractivity (Wildman–Crippen MR) is 55.9 cm³/mol. The van der Waals surface area contributed by atoms with Crippen LogP contribution in [-0.4, -0.2) is 12.1 Å². The van der Waals surface area contributed by atoms with Crippen LogP contribution in [0.15, 0.2) is 30.3 Å². The number of hydrogen-bond donors (Lipinski definition) is 1. The molecule has 1 saturated heterocycles. The van der Waals surface area contributed by atoms with E-state index in [1.54, 1.807) is 0 Å². The third-order valence-electron chi connectivity index (χ3n) is 2.99. The zero-order valence-electron chi connectivity index (χ0n) is 8.33. The Balaban J connectivity index is 2.18. The molecule has 1 heteroatoms. The van der Waals surface area contributed by atoms with Crippen LogP contribution >= 0.6 is 0 Å². The van der Waals surface area contributed by atoms with Crippen LogP contribution in [0.3, 0.4) is 0 Å². The van der Waals surface area contributed by atoms with Crippen molar-refractivity contribution in [3.05, 3.63) is 35.9 Å². The minimum atomic E-state index is 0.623. The summed E-state index contributed by atoms with van der Waals surface area (Å²) in [5.41, 5.74) is 1.48. The maximum atomic E-state index is 3.57. The maximum Gasteiger partial charge on any atom is 0.0110 e. The van der Waals surface area contributed by atoms with Crippen LogP contribution in [0.5, 0.6) is 0 Å². The molecule has 13 heavy (non-hydrogen) atoms. The fraction of sp³-hybridized carbons (Fsp3) is 0.500. The van der Waals surface area contributed by atoms with E-state index in [-0.39, 0.29) is 0 Å². The number of rotatable bonds is 1. The Bertz CT molecular complexity index is 268. The molecule has 0 saturated carbocycles. The smallest absolute Gasteiger partial charge is 0.0110 e. The van der Waals surface area contributed by atoms with Gasteiger partial charge in [0.05, 0.1) is 0 Å². The van der Waals surface area contributed by atoms with Gasteiger partial charge in [-0.1, -0.05) is 30.3 Å². The summed E-state index contributed by atoms with van der Waals surface area (Å²) in [7, 11) is 0. The van der Waals surface area contributed by atoms with E-state index in [0.717, 1.165) is 0 Å². The van der Waals surface area contributed by atoms with Crippen molar-refractivity contribution in [2.45, 2.75) is 38.3 Å². The van der Waals surface area contributed by atoms with Crippen molar-refractivity contribution in [2.75, 3.05) is 0 Å². The van der Waals surface area contributed by atoms with Crippen molar-refractivity contribution >= 4 is 0 Å². The molecule has 0 unspecified atom stereocenters. The van der Waals surface area contributed by atoms with Gasteiger partial charge in [-0.05, 0) is 25.8 Å². The van der Waals surface area contributed by atoms with Crippen molar-refractivity contribution < 1.29 is 0 Å². The quantitative estimate of drug-likeness (QED) is 0.691. The second-order valence-corrected chi connectivity index (χ2v) is 4.11. The molecule has 1 N–H and O–H groups in total. The summed E-state index contributed by atoms with van der Waals surface area (Å²) >= 11 is 0. The minimum Gasteiger partial charge on any atom is -0.311 e. The van der Waals surface area contributed by atoms with Crippen LogP contribution in [0.4, 0.5) is 0 Å². The molecule has 3 atom stereocenters. The molecule has 1 fully saturated rings. The van der Waals surface area contributed by atoms with E-state index >= 15 is 0 Å². The van der Waals surface area contributed by atoms with Gasteiger partial charge in [0, 0.05) is 18.0 Å². The first-order valence-corrected chi connectivity index (χ1v) is 5.08. The monoisotopic (exact) mass is 175 g/mol. The second-order valence-electron chi connectivity index (χ2n) is 4.11. The molecule has 1 aromatic rings. The van der Waals surface area contributed by atoms with E-state index in [9.17, 15) is 0 Å². The van der Waals surface area contributed by atoms with Crippen LogP contribution < -0.4 is 5.32 Å². The highest BCUT2D eigenvalue weighted by Crippen LogP contribution is 2.30. The van der Waals surface area contributed by atoms with Crippen molar-refractivity contribution in [3.8, 4) is 0 Å². The lowest BCUT2D eigenvalue weighted by Gasteiger charge is -2.14. The standard InChI is InChI=1S/C12H17N/c1-9-8-12(10(2)13-9)11-6-4-3-5-7-11/h3-7,9-10,12-13H,8H2,1-2H3/t9-,10-,12-/m0/s1. The molecule has 1 aromatic carbocycles. The van der Waals surface area contributed by atoms with Crippen molar-refractivity contribution in [2.24, 2.45) is 0 Å². The highest BCUT2D eigenvalue weighted by atomic mass is 15.0. The average molecular weight is 175 g/mol. The van der Waals surface area contributed by atoms with E-state index in [4.69, 9.17) is 0 Å². The Kier molecular flexibility index (Phi) is 2.36. The minimum absolute atomic E-state index is 0.623. The van der Waals surface area contributed by atoms with Gasteiger partial charge in [0.25, 0.3) is 0 Å². The molecule has 1 heterocycles. The molecule has 70 valence electrons. The van der Waals surface area contributed by atoms with E-state index in [1.165, 1.54) is 12.0 Å². The van der Waals surface area contributed by atoms with Crippen LogP contribution in [0.1, 0.15) is 31.7 Å². The molecule has 2 rings (SSSR count). The Labute approximate surface area is 80.2 Å². The van der Waals surface area contributed by atoms with Crippen LogP contribution in [0.25, 0.3) is 0 Å². The Morgan fingerprint density at radius 3 is 2.38 bits per heavy atom. The van der Waals surface area contributed by atoms with Gasteiger partial charge < -0.3 is 5.32 Å². The average Bonchev–Trinajstić information content (AvgIpc) is 2.47. The zero-order chi connectivity index (χ0) is 9.26. The summed E-state index contributed by atoms with van der Waals surface area (Å²) in [5, 5.41) is 3.57. The van der Waals surface area contributed by atoms with E-state index in [0.29, 0.717) is 18.0 Å². The second kappa shape index (κ2) is 3.51. The molecule has 1 aliphatic rings. The first-order valence-electron chi connectivity index (χ1n) is 5.08. The first-order chi connectivity index (χ1) is 6.27. The van der Waals surface area contributed by atoms with Gasteiger partial charge in [-0.2, -0.15) is 0 Å².